The maximum absolute atomic E-state index is 13.3. The number of ether oxygens (including phenoxy) is 1. The van der Waals surface area contributed by atoms with Gasteiger partial charge in [0.15, 0.2) is 0 Å². The van der Waals surface area contributed by atoms with Crippen LogP contribution in [-0.2, 0) is 22.6 Å². The van der Waals surface area contributed by atoms with Crippen molar-refractivity contribution in [3.8, 4) is 5.75 Å². The van der Waals surface area contributed by atoms with Crippen molar-refractivity contribution in [2.24, 2.45) is 0 Å². The highest BCUT2D eigenvalue weighted by molar-refractivity contribution is 14.1. The van der Waals surface area contributed by atoms with Gasteiger partial charge in [0.25, 0.3) is 11.8 Å². The quantitative estimate of drug-likeness (QED) is 0.132. The minimum Gasteiger partial charge on any atom is -0.487 e. The van der Waals surface area contributed by atoms with Crippen LogP contribution in [0.15, 0.2) is 77.3 Å². The van der Waals surface area contributed by atoms with Crippen LogP contribution < -0.4 is 15.0 Å². The van der Waals surface area contributed by atoms with Crippen LogP contribution in [0.25, 0.3) is 6.08 Å². The number of hydrogen-bond donors (Lipinski definition) is 1. The molecule has 1 aliphatic heterocycles. The molecule has 0 saturated carbocycles. The number of amides is 4. The van der Waals surface area contributed by atoms with Crippen molar-refractivity contribution >= 4 is 68.1 Å². The zero-order chi connectivity index (χ0) is 26.7. The second-order valence-corrected chi connectivity index (χ2v) is 10.8. The van der Waals surface area contributed by atoms with E-state index in [0.29, 0.717) is 34.5 Å². The van der Waals surface area contributed by atoms with Gasteiger partial charge in [0.05, 0.1) is 10.2 Å². The summed E-state index contributed by atoms with van der Waals surface area (Å²) in [5, 5.41) is 2.28. The van der Waals surface area contributed by atoms with Gasteiger partial charge in [-0.25, -0.2) is 9.69 Å². The fraction of sp³-hybridized carbons (Fsp3) is 0.138. The van der Waals surface area contributed by atoms with Crippen molar-refractivity contribution in [3.05, 3.63) is 109 Å². The molecule has 3 aromatic carbocycles. The minimum atomic E-state index is -0.773. The summed E-state index contributed by atoms with van der Waals surface area (Å²) in [5.41, 5.74) is 4.55. The van der Waals surface area contributed by atoms with E-state index in [-0.39, 0.29) is 5.57 Å². The van der Waals surface area contributed by atoms with E-state index in [0.717, 1.165) is 30.7 Å². The van der Waals surface area contributed by atoms with E-state index in [9.17, 15) is 14.4 Å². The van der Waals surface area contributed by atoms with Crippen molar-refractivity contribution in [2.75, 3.05) is 4.90 Å². The third-order valence-electron chi connectivity index (χ3n) is 5.68. The number of benzene rings is 3. The Morgan fingerprint density at radius 1 is 1.03 bits per heavy atom. The first-order valence-corrected chi connectivity index (χ1v) is 13.3. The summed E-state index contributed by atoms with van der Waals surface area (Å²) in [6.07, 6.45) is 3.76. The molecule has 0 radical (unpaired) electrons. The molecule has 0 unspecified atom stereocenters. The summed E-state index contributed by atoms with van der Waals surface area (Å²) < 4.78 is 7.95. The highest BCUT2D eigenvalue weighted by Crippen LogP contribution is 2.34. The number of carbonyl (C=O) groups is 3. The Labute approximate surface area is 237 Å². The van der Waals surface area contributed by atoms with Gasteiger partial charge in [0.2, 0.25) is 0 Å². The predicted molar refractivity (Wildman–Crippen MR) is 156 cm³/mol. The highest BCUT2D eigenvalue weighted by Gasteiger charge is 2.37. The molecule has 6 nitrogen and oxygen atoms in total. The number of hydrogen-bond acceptors (Lipinski definition) is 4. The maximum Gasteiger partial charge on any atom is 0.335 e. The molecule has 1 aliphatic rings. The fourth-order valence-electron chi connectivity index (χ4n) is 4.10. The summed E-state index contributed by atoms with van der Waals surface area (Å²) in [7, 11) is 0. The number of anilines is 1. The van der Waals surface area contributed by atoms with Crippen LogP contribution >= 0.6 is 38.5 Å². The molecule has 0 aliphatic carbocycles. The van der Waals surface area contributed by atoms with Crippen LogP contribution in [0.3, 0.4) is 0 Å². The predicted octanol–water partition coefficient (Wildman–Crippen LogP) is 6.64. The number of nitrogens with zero attached hydrogens (tertiary/aromatic N) is 1. The molecular formula is C29H24BrIN2O4. The molecule has 3 aromatic rings. The Bertz CT molecular complexity index is 1430. The molecule has 1 heterocycles. The van der Waals surface area contributed by atoms with E-state index >= 15 is 0 Å². The first-order chi connectivity index (χ1) is 17.7. The van der Waals surface area contributed by atoms with Crippen LogP contribution in [0.2, 0.25) is 0 Å². The summed E-state index contributed by atoms with van der Waals surface area (Å²) in [4.78, 5) is 39.6. The lowest BCUT2D eigenvalue weighted by Gasteiger charge is -2.27. The lowest BCUT2D eigenvalue weighted by atomic mass is 10.0. The number of nitrogens with one attached hydrogen (secondary N) is 1. The molecule has 0 bridgehead atoms. The maximum atomic E-state index is 13.3. The summed E-state index contributed by atoms with van der Waals surface area (Å²) in [6.45, 7) is 7.98. The number of barbiturate groups is 1. The van der Waals surface area contributed by atoms with E-state index in [2.05, 4.69) is 50.4 Å². The molecule has 1 saturated heterocycles. The number of aryl methyl sites for hydroxylation is 2. The first kappa shape index (κ1) is 26.8. The van der Waals surface area contributed by atoms with E-state index < -0.39 is 17.8 Å². The first-order valence-electron chi connectivity index (χ1n) is 11.5. The van der Waals surface area contributed by atoms with Crippen LogP contribution in [0.4, 0.5) is 10.5 Å². The smallest absolute Gasteiger partial charge is 0.335 e. The zero-order valence-electron chi connectivity index (χ0n) is 20.3. The lowest BCUT2D eigenvalue weighted by Crippen LogP contribution is -2.54. The van der Waals surface area contributed by atoms with E-state index in [1.165, 1.54) is 6.08 Å². The summed E-state index contributed by atoms with van der Waals surface area (Å²) in [5.74, 6) is -0.762. The molecule has 37 heavy (non-hydrogen) atoms. The van der Waals surface area contributed by atoms with Gasteiger partial charge < -0.3 is 4.74 Å². The van der Waals surface area contributed by atoms with E-state index in [1.54, 1.807) is 24.3 Å². The van der Waals surface area contributed by atoms with Crippen LogP contribution in [0.5, 0.6) is 5.75 Å². The fourth-order valence-corrected chi connectivity index (χ4v) is 5.09. The van der Waals surface area contributed by atoms with Gasteiger partial charge in [0.1, 0.15) is 17.9 Å². The molecule has 1 N–H and O–H groups in total. The van der Waals surface area contributed by atoms with Gasteiger partial charge in [-0.05, 0) is 129 Å². The van der Waals surface area contributed by atoms with Gasteiger partial charge in [0, 0.05) is 3.57 Å². The van der Waals surface area contributed by atoms with E-state index in [1.807, 2.05) is 50.2 Å². The second-order valence-electron chi connectivity index (χ2n) is 8.70. The molecule has 0 spiro atoms. The van der Waals surface area contributed by atoms with Gasteiger partial charge >= 0.3 is 6.03 Å². The Morgan fingerprint density at radius 3 is 2.35 bits per heavy atom. The average molecular weight is 671 g/mol. The van der Waals surface area contributed by atoms with Gasteiger partial charge in [-0.15, -0.1) is 6.58 Å². The number of allylic oxidation sites excluding steroid dienone is 1. The number of rotatable bonds is 7. The molecule has 1 fully saturated rings. The number of urea groups is 1. The van der Waals surface area contributed by atoms with Gasteiger partial charge in [-0.2, -0.15) is 0 Å². The SMILES string of the molecule is C=CCc1cc(/C=C2\C(=O)NC(=O)N(c3cc(C)cc(C)c3)C2=O)cc(Br)c1OCc1ccc(I)cc1. The minimum absolute atomic E-state index is 0.136. The molecular weight excluding hydrogens is 647 g/mol. The van der Waals surface area contributed by atoms with Crippen molar-refractivity contribution in [3.63, 3.8) is 0 Å². The Morgan fingerprint density at radius 2 is 1.70 bits per heavy atom. The lowest BCUT2D eigenvalue weighted by molar-refractivity contribution is -0.122. The normalized spacial score (nSPS) is 14.6. The third kappa shape index (κ3) is 6.19. The van der Waals surface area contributed by atoms with Crippen LogP contribution in [0, 0.1) is 17.4 Å². The molecule has 188 valence electrons. The second kappa shape index (κ2) is 11.4. The van der Waals surface area contributed by atoms with Crippen molar-refractivity contribution in [2.45, 2.75) is 26.9 Å². The van der Waals surface area contributed by atoms with Crippen molar-refractivity contribution in [1.29, 1.82) is 0 Å². The molecule has 4 rings (SSSR count). The summed E-state index contributed by atoms with van der Waals surface area (Å²) in [6, 6.07) is 16.3. The topological polar surface area (TPSA) is 75.7 Å². The highest BCUT2D eigenvalue weighted by atomic mass is 127. The van der Waals surface area contributed by atoms with Gasteiger partial charge in [-0.1, -0.05) is 24.3 Å². The standard InChI is InChI=1S/C29H24BrIN2O4/c1-4-5-21-13-20(15-25(30)26(21)37-16-19-6-8-22(31)9-7-19)14-24-27(34)32-29(36)33(28(24)35)23-11-17(2)10-18(3)12-23/h4,6-15H,1,5,16H2,2-3H3,(H,32,34,36)/b24-14+. The third-order valence-corrected chi connectivity index (χ3v) is 6.99. The molecule has 8 heteroatoms. The zero-order valence-corrected chi connectivity index (χ0v) is 24.1. The largest absolute Gasteiger partial charge is 0.487 e. The monoisotopic (exact) mass is 670 g/mol. The van der Waals surface area contributed by atoms with Crippen LogP contribution in [-0.4, -0.2) is 17.8 Å². The van der Waals surface area contributed by atoms with Gasteiger partial charge in [-0.3, -0.25) is 14.9 Å². The Hall–Kier alpha value is -3.24. The Kier molecular flexibility index (Phi) is 8.29. The molecule has 0 atom stereocenters. The number of halogens is 2. The average Bonchev–Trinajstić information content (AvgIpc) is 2.82. The molecule has 4 amide bonds. The van der Waals surface area contributed by atoms with Crippen molar-refractivity contribution < 1.29 is 19.1 Å². The Balaban J connectivity index is 1.67. The molecule has 0 aromatic heterocycles. The van der Waals surface area contributed by atoms with Crippen LogP contribution in [0.1, 0.15) is 27.8 Å². The summed E-state index contributed by atoms with van der Waals surface area (Å²) >= 11 is 5.84. The number of imide groups is 2. The van der Waals surface area contributed by atoms with E-state index in [4.69, 9.17) is 4.74 Å². The number of carbonyl (C=O) groups excluding carboxylic acids is 3. The van der Waals surface area contributed by atoms with Crippen molar-refractivity contribution in [1.82, 2.24) is 5.32 Å².